The zero-order valence-corrected chi connectivity index (χ0v) is 14.1. The van der Waals surface area contributed by atoms with E-state index in [4.69, 9.17) is 0 Å². The summed E-state index contributed by atoms with van der Waals surface area (Å²) in [5.41, 5.74) is 1.55. The third-order valence-corrected chi connectivity index (χ3v) is 7.01. The fourth-order valence-electron chi connectivity index (χ4n) is 3.12. The van der Waals surface area contributed by atoms with Crippen LogP contribution in [0.2, 0.25) is 0 Å². The summed E-state index contributed by atoms with van der Waals surface area (Å²) >= 11 is 0. The average molecular weight is 316 g/mol. The molecule has 4 rings (SSSR count). The maximum Gasteiger partial charge on any atom is -0.0119 e. The molecule has 0 amide bonds. The highest BCUT2D eigenvalue weighted by molar-refractivity contribution is 7.79. The number of rotatable bonds is 5. The van der Waals surface area contributed by atoms with Crippen molar-refractivity contribution in [1.29, 1.82) is 0 Å². The van der Waals surface area contributed by atoms with Gasteiger partial charge in [-0.15, -0.1) is 0 Å². The Kier molecular flexibility index (Phi) is 4.26. The Balaban J connectivity index is 1.82. The van der Waals surface area contributed by atoms with E-state index in [-0.39, 0.29) is 0 Å². The Labute approximate surface area is 139 Å². The summed E-state index contributed by atoms with van der Waals surface area (Å²) < 4.78 is 0. The van der Waals surface area contributed by atoms with Gasteiger partial charge in [0.1, 0.15) is 0 Å². The van der Waals surface area contributed by atoms with Crippen molar-refractivity contribution in [1.82, 2.24) is 0 Å². The largest absolute Gasteiger partial charge is 0.0622 e. The lowest BCUT2D eigenvalue weighted by Crippen LogP contribution is -2.23. The van der Waals surface area contributed by atoms with Crippen LogP contribution in [0.5, 0.6) is 0 Å². The molecule has 1 fully saturated rings. The van der Waals surface area contributed by atoms with Crippen LogP contribution in [0.3, 0.4) is 0 Å². The Hall–Kier alpha value is -1.91. The monoisotopic (exact) mass is 316 g/mol. The molecule has 3 aromatic rings. The van der Waals surface area contributed by atoms with E-state index >= 15 is 0 Å². The first-order valence-electron chi connectivity index (χ1n) is 8.40. The van der Waals surface area contributed by atoms with E-state index in [0.29, 0.717) is 0 Å². The maximum atomic E-state index is 2.35. The number of hydrogen-bond acceptors (Lipinski definition) is 0. The molecular formula is C22H21P. The van der Waals surface area contributed by atoms with Gasteiger partial charge in [0.15, 0.2) is 0 Å². The smallest absolute Gasteiger partial charge is 0.0119 e. The molecule has 0 bridgehead atoms. The minimum atomic E-state index is -0.470. The van der Waals surface area contributed by atoms with Gasteiger partial charge in [-0.1, -0.05) is 84.9 Å². The molecule has 0 atom stereocenters. The van der Waals surface area contributed by atoms with E-state index in [1.165, 1.54) is 35.2 Å². The summed E-state index contributed by atoms with van der Waals surface area (Å²) in [7, 11) is -0.470. The molecule has 3 aromatic carbocycles. The minimum Gasteiger partial charge on any atom is -0.0622 e. The lowest BCUT2D eigenvalue weighted by atomic mass is 10.1. The van der Waals surface area contributed by atoms with Gasteiger partial charge in [-0.05, 0) is 54.6 Å². The normalized spacial score (nSPS) is 14.1. The molecule has 1 heteroatoms. The van der Waals surface area contributed by atoms with Gasteiger partial charge in [0.2, 0.25) is 0 Å². The highest BCUT2D eigenvalue weighted by Crippen LogP contribution is 2.37. The van der Waals surface area contributed by atoms with Gasteiger partial charge in [0, 0.05) is 0 Å². The molecule has 0 nitrogen and oxygen atoms in total. The SMILES string of the molecule is c1ccc(P(c2ccccc2)c2ccccc2CC2CC2)cc1. The van der Waals surface area contributed by atoms with Crippen molar-refractivity contribution in [2.75, 3.05) is 0 Å². The first-order chi connectivity index (χ1) is 11.4. The van der Waals surface area contributed by atoms with Crippen LogP contribution in [-0.4, -0.2) is 0 Å². The van der Waals surface area contributed by atoms with E-state index < -0.39 is 7.92 Å². The Morgan fingerprint density at radius 2 is 1.17 bits per heavy atom. The molecule has 114 valence electrons. The van der Waals surface area contributed by atoms with Gasteiger partial charge in [-0.3, -0.25) is 0 Å². The zero-order valence-electron chi connectivity index (χ0n) is 13.2. The van der Waals surface area contributed by atoms with Crippen LogP contribution in [0.25, 0.3) is 0 Å². The molecule has 0 radical (unpaired) electrons. The van der Waals surface area contributed by atoms with Crippen molar-refractivity contribution in [2.24, 2.45) is 5.92 Å². The molecule has 0 spiro atoms. The second-order valence-corrected chi connectivity index (χ2v) is 8.47. The van der Waals surface area contributed by atoms with Crippen LogP contribution < -0.4 is 15.9 Å². The first kappa shape index (κ1) is 14.7. The van der Waals surface area contributed by atoms with Gasteiger partial charge < -0.3 is 0 Å². The first-order valence-corrected chi connectivity index (χ1v) is 9.74. The van der Waals surface area contributed by atoms with Crippen LogP contribution in [0.4, 0.5) is 0 Å². The van der Waals surface area contributed by atoms with Crippen molar-refractivity contribution in [3.63, 3.8) is 0 Å². The van der Waals surface area contributed by atoms with Crippen LogP contribution in [0.15, 0.2) is 84.9 Å². The molecule has 0 aromatic heterocycles. The van der Waals surface area contributed by atoms with E-state index in [1.807, 2.05) is 0 Å². The Morgan fingerprint density at radius 3 is 1.74 bits per heavy atom. The minimum absolute atomic E-state index is 0.470. The zero-order chi connectivity index (χ0) is 15.5. The van der Waals surface area contributed by atoms with Crippen molar-refractivity contribution in [3.8, 4) is 0 Å². The third kappa shape index (κ3) is 3.38. The number of hydrogen-bond donors (Lipinski definition) is 0. The van der Waals surface area contributed by atoms with E-state index in [0.717, 1.165) is 5.92 Å². The van der Waals surface area contributed by atoms with Crippen molar-refractivity contribution in [3.05, 3.63) is 90.5 Å². The van der Waals surface area contributed by atoms with Crippen molar-refractivity contribution < 1.29 is 0 Å². The lowest BCUT2D eigenvalue weighted by Gasteiger charge is -2.22. The average Bonchev–Trinajstić information content (AvgIpc) is 3.43. The highest BCUT2D eigenvalue weighted by Gasteiger charge is 2.25. The van der Waals surface area contributed by atoms with Gasteiger partial charge in [0.25, 0.3) is 0 Å². The molecule has 1 aliphatic rings. The highest BCUT2D eigenvalue weighted by atomic mass is 31.1. The molecule has 0 saturated heterocycles. The van der Waals surface area contributed by atoms with Crippen molar-refractivity contribution in [2.45, 2.75) is 19.3 Å². The second kappa shape index (κ2) is 6.69. The Bertz CT molecular complexity index is 721. The Morgan fingerprint density at radius 1 is 0.652 bits per heavy atom. The molecular weight excluding hydrogens is 295 g/mol. The molecule has 23 heavy (non-hydrogen) atoms. The van der Waals surface area contributed by atoms with E-state index in [1.54, 1.807) is 5.56 Å². The molecule has 0 aliphatic heterocycles. The fourth-order valence-corrected chi connectivity index (χ4v) is 5.60. The third-order valence-electron chi connectivity index (χ3n) is 4.47. The fraction of sp³-hybridized carbons (Fsp3) is 0.182. The van der Waals surface area contributed by atoms with Gasteiger partial charge in [-0.2, -0.15) is 0 Å². The molecule has 0 heterocycles. The second-order valence-electron chi connectivity index (χ2n) is 6.28. The predicted molar refractivity (Wildman–Crippen MR) is 102 cm³/mol. The van der Waals surface area contributed by atoms with Crippen LogP contribution in [-0.2, 0) is 6.42 Å². The molecule has 0 unspecified atom stereocenters. The summed E-state index contributed by atoms with van der Waals surface area (Å²) in [6.45, 7) is 0. The van der Waals surface area contributed by atoms with Gasteiger partial charge in [0.05, 0.1) is 0 Å². The lowest BCUT2D eigenvalue weighted by molar-refractivity contribution is 0.837. The predicted octanol–water partition coefficient (Wildman–Crippen LogP) is 4.40. The summed E-state index contributed by atoms with van der Waals surface area (Å²) in [5, 5.41) is 4.42. The molecule has 0 N–H and O–H groups in total. The summed E-state index contributed by atoms with van der Waals surface area (Å²) in [6.07, 6.45) is 4.06. The molecule has 1 aliphatic carbocycles. The topological polar surface area (TPSA) is 0 Å². The van der Waals surface area contributed by atoms with Crippen LogP contribution in [0, 0.1) is 5.92 Å². The summed E-state index contributed by atoms with van der Waals surface area (Å²) in [4.78, 5) is 0. The van der Waals surface area contributed by atoms with E-state index in [9.17, 15) is 0 Å². The maximum absolute atomic E-state index is 2.35. The quantitative estimate of drug-likeness (QED) is 0.612. The van der Waals surface area contributed by atoms with E-state index in [2.05, 4.69) is 84.9 Å². The van der Waals surface area contributed by atoms with Crippen molar-refractivity contribution >= 4 is 23.8 Å². The van der Waals surface area contributed by atoms with Gasteiger partial charge >= 0.3 is 0 Å². The molecule has 1 saturated carbocycles. The summed E-state index contributed by atoms with van der Waals surface area (Å²) in [6, 6.07) is 31.1. The van der Waals surface area contributed by atoms with Gasteiger partial charge in [-0.25, -0.2) is 0 Å². The summed E-state index contributed by atoms with van der Waals surface area (Å²) in [5.74, 6) is 0.916. The number of benzene rings is 3. The standard InChI is InChI=1S/C22H21P/c1-3-10-20(11-4-1)23(21-12-5-2-6-13-21)22-14-8-7-9-19(22)17-18-15-16-18/h1-14,18H,15-17H2. The van der Waals surface area contributed by atoms with Crippen LogP contribution >= 0.6 is 7.92 Å². The van der Waals surface area contributed by atoms with Crippen LogP contribution in [0.1, 0.15) is 18.4 Å².